The SMILES string of the molecule is CCC(C)c1ccc(NC(=S)Nc2sc3c(c2C(=O)OC)CCC(C)C3)cc1. The molecule has 1 aromatic carbocycles. The van der Waals surface area contributed by atoms with Crippen LogP contribution in [0.5, 0.6) is 0 Å². The Bertz CT molecular complexity index is 858. The van der Waals surface area contributed by atoms with Gasteiger partial charge in [-0.05, 0) is 73.0 Å². The zero-order valence-electron chi connectivity index (χ0n) is 16.9. The van der Waals surface area contributed by atoms with Crippen molar-refractivity contribution in [3.05, 3.63) is 45.8 Å². The predicted molar refractivity (Wildman–Crippen MR) is 122 cm³/mol. The Morgan fingerprint density at radius 3 is 2.68 bits per heavy atom. The maximum Gasteiger partial charge on any atom is 0.341 e. The number of hydrogen-bond acceptors (Lipinski definition) is 4. The minimum atomic E-state index is -0.296. The van der Waals surface area contributed by atoms with E-state index in [9.17, 15) is 4.79 Å². The van der Waals surface area contributed by atoms with Crippen molar-refractivity contribution >= 4 is 45.3 Å². The smallest absolute Gasteiger partial charge is 0.341 e. The second-order valence-electron chi connectivity index (χ2n) is 7.56. The average molecular weight is 417 g/mol. The number of thiophene rings is 1. The lowest BCUT2D eigenvalue weighted by molar-refractivity contribution is 0.0601. The van der Waals surface area contributed by atoms with E-state index in [4.69, 9.17) is 17.0 Å². The monoisotopic (exact) mass is 416 g/mol. The Kier molecular flexibility index (Phi) is 6.73. The number of benzene rings is 1. The standard InChI is InChI=1S/C22H28N2O2S2/c1-5-14(3)15-7-9-16(10-8-15)23-22(27)24-20-19(21(25)26-4)17-11-6-13(2)12-18(17)28-20/h7-10,13-14H,5-6,11-12H2,1-4H3,(H2,23,24,27). The molecule has 2 aromatic rings. The summed E-state index contributed by atoms with van der Waals surface area (Å²) in [5.74, 6) is 0.885. The molecule has 0 spiro atoms. The third-order valence-electron chi connectivity index (χ3n) is 5.48. The number of ether oxygens (including phenoxy) is 1. The van der Waals surface area contributed by atoms with Gasteiger partial charge in [-0.3, -0.25) is 0 Å². The molecule has 1 heterocycles. The minimum absolute atomic E-state index is 0.296. The van der Waals surface area contributed by atoms with Crippen LogP contribution in [0, 0.1) is 5.92 Å². The van der Waals surface area contributed by atoms with Crippen LogP contribution in [0.2, 0.25) is 0 Å². The van der Waals surface area contributed by atoms with Gasteiger partial charge in [0.05, 0.1) is 12.7 Å². The van der Waals surface area contributed by atoms with Gasteiger partial charge in [-0.1, -0.05) is 32.9 Å². The highest BCUT2D eigenvalue weighted by atomic mass is 32.1. The van der Waals surface area contributed by atoms with Crippen LogP contribution in [0.4, 0.5) is 10.7 Å². The molecule has 3 rings (SSSR count). The molecule has 150 valence electrons. The third-order valence-corrected chi connectivity index (χ3v) is 6.85. The highest BCUT2D eigenvalue weighted by molar-refractivity contribution is 7.80. The summed E-state index contributed by atoms with van der Waals surface area (Å²) < 4.78 is 5.04. The Hall–Kier alpha value is -1.92. The maximum absolute atomic E-state index is 12.4. The summed E-state index contributed by atoms with van der Waals surface area (Å²) >= 11 is 7.12. The van der Waals surface area contributed by atoms with E-state index in [-0.39, 0.29) is 5.97 Å². The second kappa shape index (κ2) is 9.05. The number of esters is 1. The molecule has 4 nitrogen and oxygen atoms in total. The summed E-state index contributed by atoms with van der Waals surface area (Å²) in [5.41, 5.74) is 4.02. The number of fused-ring (bicyclic) bond motifs is 1. The molecular formula is C22H28N2O2S2. The highest BCUT2D eigenvalue weighted by Crippen LogP contribution is 2.40. The molecule has 2 N–H and O–H groups in total. The molecule has 2 unspecified atom stereocenters. The van der Waals surface area contributed by atoms with Crippen LogP contribution in [0.1, 0.15) is 65.9 Å². The van der Waals surface area contributed by atoms with Gasteiger partial charge >= 0.3 is 5.97 Å². The van der Waals surface area contributed by atoms with Gasteiger partial charge in [-0.2, -0.15) is 0 Å². The summed E-state index contributed by atoms with van der Waals surface area (Å²) in [7, 11) is 1.43. The minimum Gasteiger partial charge on any atom is -0.465 e. The largest absolute Gasteiger partial charge is 0.465 e. The number of thiocarbonyl (C=S) groups is 1. The fraction of sp³-hybridized carbons (Fsp3) is 0.455. The zero-order valence-corrected chi connectivity index (χ0v) is 18.6. The van der Waals surface area contributed by atoms with Crippen molar-refractivity contribution in [1.29, 1.82) is 0 Å². The number of rotatable bonds is 5. The van der Waals surface area contributed by atoms with E-state index in [1.165, 1.54) is 17.6 Å². The molecule has 28 heavy (non-hydrogen) atoms. The van der Waals surface area contributed by atoms with Gasteiger partial charge in [0, 0.05) is 10.6 Å². The summed E-state index contributed by atoms with van der Waals surface area (Å²) in [6, 6.07) is 8.34. The van der Waals surface area contributed by atoms with Gasteiger partial charge in [0.15, 0.2) is 5.11 Å². The Morgan fingerprint density at radius 1 is 1.32 bits per heavy atom. The number of hydrogen-bond donors (Lipinski definition) is 2. The first-order chi connectivity index (χ1) is 13.4. The molecule has 0 radical (unpaired) electrons. The van der Waals surface area contributed by atoms with Crippen LogP contribution >= 0.6 is 23.6 Å². The van der Waals surface area contributed by atoms with Gasteiger partial charge in [0.25, 0.3) is 0 Å². The Labute approximate surface area is 176 Å². The van der Waals surface area contributed by atoms with E-state index >= 15 is 0 Å². The number of nitrogens with one attached hydrogen (secondary N) is 2. The molecule has 0 aliphatic heterocycles. The van der Waals surface area contributed by atoms with E-state index in [1.54, 1.807) is 11.3 Å². The van der Waals surface area contributed by atoms with Crippen LogP contribution < -0.4 is 10.6 Å². The van der Waals surface area contributed by atoms with Crippen LogP contribution in [0.3, 0.4) is 0 Å². The number of anilines is 2. The molecule has 0 saturated carbocycles. The molecular weight excluding hydrogens is 388 g/mol. The van der Waals surface area contributed by atoms with Crippen molar-refractivity contribution in [2.24, 2.45) is 5.92 Å². The second-order valence-corrected chi connectivity index (χ2v) is 9.07. The first kappa shape index (κ1) is 20.8. The van der Waals surface area contributed by atoms with Crippen molar-refractivity contribution in [2.45, 2.75) is 52.4 Å². The van der Waals surface area contributed by atoms with Gasteiger partial charge < -0.3 is 15.4 Å². The molecule has 0 amide bonds. The van der Waals surface area contributed by atoms with Crippen LogP contribution in [0.25, 0.3) is 0 Å². The normalized spacial score (nSPS) is 16.8. The van der Waals surface area contributed by atoms with E-state index < -0.39 is 0 Å². The van der Waals surface area contributed by atoms with Gasteiger partial charge in [-0.25, -0.2) is 4.79 Å². The van der Waals surface area contributed by atoms with Crippen molar-refractivity contribution in [1.82, 2.24) is 0 Å². The molecule has 0 fully saturated rings. The van der Waals surface area contributed by atoms with Crippen LogP contribution in [0.15, 0.2) is 24.3 Å². The zero-order chi connectivity index (χ0) is 20.3. The first-order valence-corrected chi connectivity index (χ1v) is 11.1. The van der Waals surface area contributed by atoms with E-state index in [2.05, 4.69) is 43.5 Å². The lowest BCUT2D eigenvalue weighted by atomic mass is 9.88. The number of methoxy groups -OCH3 is 1. The molecule has 0 bridgehead atoms. The Morgan fingerprint density at radius 2 is 2.04 bits per heavy atom. The first-order valence-electron chi connectivity index (χ1n) is 9.83. The summed E-state index contributed by atoms with van der Waals surface area (Å²) in [6.45, 7) is 6.67. The van der Waals surface area contributed by atoms with Crippen molar-refractivity contribution in [3.63, 3.8) is 0 Å². The van der Waals surface area contributed by atoms with Crippen LogP contribution in [-0.4, -0.2) is 18.2 Å². The molecule has 1 aliphatic carbocycles. The van der Waals surface area contributed by atoms with Gasteiger partial charge in [0.1, 0.15) is 5.00 Å². The fourth-order valence-corrected chi connectivity index (χ4v) is 5.24. The summed E-state index contributed by atoms with van der Waals surface area (Å²) in [6.07, 6.45) is 4.13. The van der Waals surface area contributed by atoms with E-state index in [0.717, 1.165) is 41.9 Å². The van der Waals surface area contributed by atoms with Crippen molar-refractivity contribution in [2.75, 3.05) is 17.7 Å². The number of carbonyl (C=O) groups excluding carboxylic acids is 1. The van der Waals surface area contributed by atoms with Gasteiger partial charge in [-0.15, -0.1) is 11.3 Å². The highest BCUT2D eigenvalue weighted by Gasteiger charge is 2.28. The fourth-order valence-electron chi connectivity index (χ4n) is 3.55. The average Bonchev–Trinajstić information content (AvgIpc) is 3.03. The molecule has 1 aromatic heterocycles. The van der Waals surface area contributed by atoms with Gasteiger partial charge in [0.2, 0.25) is 0 Å². The third kappa shape index (κ3) is 4.55. The molecule has 1 aliphatic rings. The van der Waals surface area contributed by atoms with Crippen LogP contribution in [-0.2, 0) is 17.6 Å². The van der Waals surface area contributed by atoms with Crippen molar-refractivity contribution in [3.8, 4) is 0 Å². The summed E-state index contributed by atoms with van der Waals surface area (Å²) in [4.78, 5) is 13.7. The predicted octanol–water partition coefficient (Wildman–Crippen LogP) is 5.98. The van der Waals surface area contributed by atoms with E-state index in [1.807, 2.05) is 12.1 Å². The molecule has 6 heteroatoms. The molecule has 0 saturated heterocycles. The topological polar surface area (TPSA) is 50.4 Å². The maximum atomic E-state index is 12.4. The van der Waals surface area contributed by atoms with E-state index in [0.29, 0.717) is 22.5 Å². The quantitative estimate of drug-likeness (QED) is 0.464. The summed E-state index contributed by atoms with van der Waals surface area (Å²) in [5, 5.41) is 7.71. The number of carbonyl (C=O) groups is 1. The molecule has 2 atom stereocenters. The lowest BCUT2D eigenvalue weighted by Gasteiger charge is -2.18. The van der Waals surface area contributed by atoms with Crippen molar-refractivity contribution < 1.29 is 9.53 Å². The Balaban J connectivity index is 1.76. The lowest BCUT2D eigenvalue weighted by Crippen LogP contribution is -2.20.